The standard InChI is InChI=1S/C9H16FNO3/c1-9(2,3)14-8(13)11-6-7(10)4-5-12/h4,12H,5-6H2,1-3H3,(H,11,13)/b7-4-. The summed E-state index contributed by atoms with van der Waals surface area (Å²) in [7, 11) is 0. The number of rotatable bonds is 3. The number of aliphatic hydroxyl groups is 1. The van der Waals surface area contributed by atoms with Crippen LogP contribution in [0.1, 0.15) is 20.8 Å². The van der Waals surface area contributed by atoms with Crippen LogP contribution in [0.3, 0.4) is 0 Å². The van der Waals surface area contributed by atoms with Crippen molar-refractivity contribution in [1.82, 2.24) is 5.32 Å². The molecule has 0 radical (unpaired) electrons. The van der Waals surface area contributed by atoms with Crippen molar-refractivity contribution in [2.45, 2.75) is 26.4 Å². The molecule has 0 heterocycles. The minimum Gasteiger partial charge on any atom is -0.444 e. The predicted molar refractivity (Wildman–Crippen MR) is 50.5 cm³/mol. The number of alkyl carbamates (subject to hydrolysis) is 1. The summed E-state index contributed by atoms with van der Waals surface area (Å²) >= 11 is 0. The molecular formula is C9H16FNO3. The molecule has 0 bridgehead atoms. The Morgan fingerprint density at radius 2 is 2.14 bits per heavy atom. The highest BCUT2D eigenvalue weighted by molar-refractivity contribution is 5.67. The molecule has 0 aromatic carbocycles. The van der Waals surface area contributed by atoms with Crippen LogP contribution in [-0.4, -0.2) is 30.0 Å². The van der Waals surface area contributed by atoms with Gasteiger partial charge in [-0.2, -0.15) is 0 Å². The summed E-state index contributed by atoms with van der Waals surface area (Å²) in [6.45, 7) is 4.49. The van der Waals surface area contributed by atoms with E-state index in [1.165, 1.54) is 0 Å². The Morgan fingerprint density at radius 1 is 1.57 bits per heavy atom. The van der Waals surface area contributed by atoms with Crippen molar-refractivity contribution in [3.8, 4) is 0 Å². The van der Waals surface area contributed by atoms with Gasteiger partial charge < -0.3 is 15.2 Å². The number of hydrogen-bond donors (Lipinski definition) is 2. The monoisotopic (exact) mass is 205 g/mol. The number of carbonyl (C=O) groups excluding carboxylic acids is 1. The van der Waals surface area contributed by atoms with Gasteiger partial charge in [0, 0.05) is 0 Å². The second-order valence-electron chi connectivity index (χ2n) is 3.69. The summed E-state index contributed by atoms with van der Waals surface area (Å²) in [6, 6.07) is 0. The number of ether oxygens (including phenoxy) is 1. The smallest absolute Gasteiger partial charge is 0.408 e. The van der Waals surface area contributed by atoms with Gasteiger partial charge in [-0.25, -0.2) is 9.18 Å². The van der Waals surface area contributed by atoms with Crippen LogP contribution in [0.25, 0.3) is 0 Å². The lowest BCUT2D eigenvalue weighted by atomic mass is 10.2. The largest absolute Gasteiger partial charge is 0.444 e. The third-order valence-electron chi connectivity index (χ3n) is 1.11. The van der Waals surface area contributed by atoms with Crippen molar-refractivity contribution in [3.63, 3.8) is 0 Å². The molecule has 14 heavy (non-hydrogen) atoms. The Hall–Kier alpha value is -1.10. The van der Waals surface area contributed by atoms with Crippen LogP contribution >= 0.6 is 0 Å². The maximum atomic E-state index is 12.6. The van der Waals surface area contributed by atoms with Gasteiger partial charge in [0.1, 0.15) is 11.4 Å². The number of halogens is 1. The average molecular weight is 205 g/mol. The molecular weight excluding hydrogens is 189 g/mol. The summed E-state index contributed by atoms with van der Waals surface area (Å²) in [4.78, 5) is 11.0. The lowest BCUT2D eigenvalue weighted by Crippen LogP contribution is -2.33. The molecule has 0 saturated heterocycles. The molecule has 0 fully saturated rings. The number of aliphatic hydroxyl groups excluding tert-OH is 1. The molecule has 0 aliphatic heterocycles. The van der Waals surface area contributed by atoms with Crippen LogP contribution in [0.2, 0.25) is 0 Å². The van der Waals surface area contributed by atoms with Crippen molar-refractivity contribution in [1.29, 1.82) is 0 Å². The lowest BCUT2D eigenvalue weighted by Gasteiger charge is -2.19. The van der Waals surface area contributed by atoms with Crippen LogP contribution in [0.5, 0.6) is 0 Å². The van der Waals surface area contributed by atoms with E-state index in [2.05, 4.69) is 5.32 Å². The highest BCUT2D eigenvalue weighted by Crippen LogP contribution is 2.06. The average Bonchev–Trinajstić information content (AvgIpc) is 1.98. The van der Waals surface area contributed by atoms with Gasteiger partial charge in [-0.15, -0.1) is 0 Å². The van der Waals surface area contributed by atoms with Crippen LogP contribution in [0.4, 0.5) is 9.18 Å². The molecule has 82 valence electrons. The highest BCUT2D eigenvalue weighted by atomic mass is 19.1. The molecule has 0 aliphatic rings. The Balaban J connectivity index is 3.81. The van der Waals surface area contributed by atoms with Crippen molar-refractivity contribution < 1.29 is 19.0 Å². The SMILES string of the molecule is CC(C)(C)OC(=O)NC/C(F)=C/CO. The Labute approximate surface area is 82.8 Å². The Kier molecular flexibility index (Phi) is 5.15. The van der Waals surface area contributed by atoms with Crippen LogP contribution in [0.15, 0.2) is 11.9 Å². The molecule has 4 nitrogen and oxygen atoms in total. The van der Waals surface area contributed by atoms with Crippen LogP contribution in [-0.2, 0) is 4.74 Å². The van der Waals surface area contributed by atoms with Crippen molar-refractivity contribution in [3.05, 3.63) is 11.9 Å². The van der Waals surface area contributed by atoms with Gasteiger partial charge in [-0.3, -0.25) is 0 Å². The van der Waals surface area contributed by atoms with E-state index in [1.807, 2.05) is 0 Å². The molecule has 0 saturated carbocycles. The van der Waals surface area contributed by atoms with Gasteiger partial charge >= 0.3 is 6.09 Å². The first kappa shape index (κ1) is 12.9. The number of amides is 1. The Morgan fingerprint density at radius 3 is 2.57 bits per heavy atom. The third kappa shape index (κ3) is 7.54. The zero-order chi connectivity index (χ0) is 11.2. The van der Waals surface area contributed by atoms with Crippen molar-refractivity contribution >= 4 is 6.09 Å². The number of carbonyl (C=O) groups is 1. The molecule has 0 aromatic rings. The van der Waals surface area contributed by atoms with Crippen molar-refractivity contribution in [2.75, 3.05) is 13.2 Å². The maximum absolute atomic E-state index is 12.6. The summed E-state index contributed by atoms with van der Waals surface area (Å²) < 4.78 is 17.5. The topological polar surface area (TPSA) is 58.6 Å². The van der Waals surface area contributed by atoms with Gasteiger partial charge in [0.05, 0.1) is 13.2 Å². The lowest BCUT2D eigenvalue weighted by molar-refractivity contribution is 0.0529. The molecule has 0 rings (SSSR count). The summed E-state index contributed by atoms with van der Waals surface area (Å²) in [5.74, 6) is -0.599. The third-order valence-corrected chi connectivity index (χ3v) is 1.11. The molecule has 0 aliphatic carbocycles. The van der Waals surface area contributed by atoms with Gasteiger partial charge in [-0.05, 0) is 26.8 Å². The van der Waals surface area contributed by atoms with E-state index in [-0.39, 0.29) is 13.2 Å². The summed E-state index contributed by atoms with van der Waals surface area (Å²) in [6.07, 6.45) is 0.288. The molecule has 2 N–H and O–H groups in total. The first-order valence-corrected chi connectivity index (χ1v) is 4.27. The van der Waals surface area contributed by atoms with E-state index in [1.54, 1.807) is 20.8 Å². The maximum Gasteiger partial charge on any atom is 0.408 e. The van der Waals surface area contributed by atoms with E-state index >= 15 is 0 Å². The van der Waals surface area contributed by atoms with Gasteiger partial charge in [0.2, 0.25) is 0 Å². The van der Waals surface area contributed by atoms with Crippen molar-refractivity contribution in [2.24, 2.45) is 0 Å². The number of nitrogens with one attached hydrogen (secondary N) is 1. The fourth-order valence-corrected chi connectivity index (χ4v) is 0.642. The predicted octanol–water partition coefficient (Wildman–Crippen LogP) is 1.36. The second-order valence-corrected chi connectivity index (χ2v) is 3.69. The molecule has 5 heteroatoms. The van der Waals surface area contributed by atoms with Crippen LogP contribution < -0.4 is 5.32 Å². The van der Waals surface area contributed by atoms with E-state index < -0.39 is 17.5 Å². The van der Waals surface area contributed by atoms with E-state index in [4.69, 9.17) is 9.84 Å². The zero-order valence-corrected chi connectivity index (χ0v) is 8.63. The molecule has 0 atom stereocenters. The molecule has 0 spiro atoms. The minimum absolute atomic E-state index is 0.268. The minimum atomic E-state index is -0.681. The quantitative estimate of drug-likeness (QED) is 0.731. The second kappa shape index (κ2) is 5.59. The van der Waals surface area contributed by atoms with E-state index in [0.717, 1.165) is 6.08 Å². The molecule has 1 amide bonds. The molecule has 0 unspecified atom stereocenters. The van der Waals surface area contributed by atoms with Crippen LogP contribution in [0, 0.1) is 0 Å². The van der Waals surface area contributed by atoms with E-state index in [0.29, 0.717) is 0 Å². The normalized spacial score (nSPS) is 12.5. The first-order valence-electron chi connectivity index (χ1n) is 4.27. The first-order chi connectivity index (χ1) is 6.35. The van der Waals surface area contributed by atoms with Gasteiger partial charge in [0.15, 0.2) is 0 Å². The summed E-state index contributed by atoms with van der Waals surface area (Å²) in [5.41, 5.74) is -0.596. The summed E-state index contributed by atoms with van der Waals surface area (Å²) in [5, 5.41) is 10.5. The van der Waals surface area contributed by atoms with Gasteiger partial charge in [-0.1, -0.05) is 0 Å². The van der Waals surface area contributed by atoms with Gasteiger partial charge in [0.25, 0.3) is 0 Å². The Bertz CT molecular complexity index is 221. The highest BCUT2D eigenvalue weighted by Gasteiger charge is 2.15. The number of hydrogen-bond acceptors (Lipinski definition) is 3. The fraction of sp³-hybridized carbons (Fsp3) is 0.667. The fourth-order valence-electron chi connectivity index (χ4n) is 0.642. The zero-order valence-electron chi connectivity index (χ0n) is 8.63. The molecule has 0 aromatic heterocycles. The van der Waals surface area contributed by atoms with E-state index in [9.17, 15) is 9.18 Å².